The predicted molar refractivity (Wildman–Crippen MR) is 99.5 cm³/mol. The van der Waals surface area contributed by atoms with Crippen molar-refractivity contribution in [2.24, 2.45) is 0 Å². The smallest absolute Gasteiger partial charge is 0.319 e. The molecule has 0 atom stereocenters. The summed E-state index contributed by atoms with van der Waals surface area (Å²) in [6.45, 7) is 0.108. The van der Waals surface area contributed by atoms with Gasteiger partial charge in [0.25, 0.3) is 0 Å². The number of carbonyl (C=O) groups excluding carboxylic acids is 1. The fourth-order valence-electron chi connectivity index (χ4n) is 2.52. The Labute approximate surface area is 152 Å². The second-order valence-electron chi connectivity index (χ2n) is 5.55. The number of hydrogen-bond acceptors (Lipinski definition) is 4. The molecule has 2 aromatic carbocycles. The lowest BCUT2D eigenvalue weighted by Gasteiger charge is -2.08. The van der Waals surface area contributed by atoms with Gasteiger partial charge in [0, 0.05) is 29.4 Å². The Morgan fingerprint density at radius 1 is 1.23 bits per heavy atom. The van der Waals surface area contributed by atoms with E-state index in [2.05, 4.69) is 25.6 Å². The third-order valence-corrected chi connectivity index (χ3v) is 4.55. The number of aromatic nitrogens is 3. The number of halogens is 1. The normalized spacial score (nSPS) is 10.8. The number of hydrogen-bond donors (Lipinski definition) is 3. The average molecular weight is 367 g/mol. The van der Waals surface area contributed by atoms with Crippen LogP contribution in [-0.2, 0) is 6.54 Å². The summed E-state index contributed by atoms with van der Waals surface area (Å²) >= 11 is 1.50. The van der Waals surface area contributed by atoms with Gasteiger partial charge in [0.2, 0.25) is 0 Å². The molecule has 0 bridgehead atoms. The minimum absolute atomic E-state index is 0.108. The minimum atomic E-state index is -0.414. The SMILES string of the molecule is O=C(NCc1ccccc1F)Nc1ccc2[nH]c(-c3nccs3)nc2c1. The lowest BCUT2D eigenvalue weighted by Crippen LogP contribution is -2.28. The number of urea groups is 1. The number of benzene rings is 2. The lowest BCUT2D eigenvalue weighted by atomic mass is 10.2. The van der Waals surface area contributed by atoms with Crippen molar-refractivity contribution in [3.8, 4) is 10.8 Å². The van der Waals surface area contributed by atoms with Crippen LogP contribution >= 0.6 is 11.3 Å². The van der Waals surface area contributed by atoms with Crippen molar-refractivity contribution >= 4 is 34.1 Å². The zero-order valence-corrected chi connectivity index (χ0v) is 14.3. The van der Waals surface area contributed by atoms with Crippen LogP contribution in [0.25, 0.3) is 21.9 Å². The highest BCUT2D eigenvalue weighted by atomic mass is 32.1. The van der Waals surface area contributed by atoms with Crippen molar-refractivity contribution in [3.63, 3.8) is 0 Å². The quantitative estimate of drug-likeness (QED) is 0.507. The van der Waals surface area contributed by atoms with Gasteiger partial charge in [-0.2, -0.15) is 0 Å². The largest absolute Gasteiger partial charge is 0.336 e. The van der Waals surface area contributed by atoms with E-state index >= 15 is 0 Å². The highest BCUT2D eigenvalue weighted by Gasteiger charge is 2.09. The van der Waals surface area contributed by atoms with Crippen LogP contribution < -0.4 is 10.6 Å². The van der Waals surface area contributed by atoms with Gasteiger partial charge >= 0.3 is 6.03 Å². The number of fused-ring (bicyclic) bond motifs is 1. The van der Waals surface area contributed by atoms with Gasteiger partial charge in [-0.1, -0.05) is 18.2 Å². The Hall–Kier alpha value is -3.26. The van der Waals surface area contributed by atoms with E-state index in [-0.39, 0.29) is 12.4 Å². The highest BCUT2D eigenvalue weighted by molar-refractivity contribution is 7.13. The summed E-state index contributed by atoms with van der Waals surface area (Å²) in [7, 11) is 0. The number of rotatable bonds is 4. The predicted octanol–water partition coefficient (Wildman–Crippen LogP) is 4.15. The zero-order chi connectivity index (χ0) is 17.9. The number of nitrogens with one attached hydrogen (secondary N) is 3. The molecule has 8 heteroatoms. The molecular weight excluding hydrogens is 353 g/mol. The van der Waals surface area contributed by atoms with E-state index in [1.807, 2.05) is 11.4 Å². The molecule has 4 aromatic rings. The van der Waals surface area contributed by atoms with Crippen LogP contribution in [0.2, 0.25) is 0 Å². The van der Waals surface area contributed by atoms with E-state index in [1.54, 1.807) is 36.5 Å². The lowest BCUT2D eigenvalue weighted by molar-refractivity contribution is 0.251. The van der Waals surface area contributed by atoms with Crippen LogP contribution in [0.3, 0.4) is 0 Å². The van der Waals surface area contributed by atoms with Crippen LogP contribution in [-0.4, -0.2) is 21.0 Å². The summed E-state index contributed by atoms with van der Waals surface area (Å²) in [6.07, 6.45) is 1.72. The molecule has 26 heavy (non-hydrogen) atoms. The van der Waals surface area contributed by atoms with Crippen molar-refractivity contribution in [3.05, 3.63) is 65.4 Å². The molecule has 6 nitrogen and oxygen atoms in total. The molecule has 3 N–H and O–H groups in total. The molecule has 2 amide bonds. The van der Waals surface area contributed by atoms with Crippen molar-refractivity contribution in [1.82, 2.24) is 20.3 Å². The first-order chi connectivity index (χ1) is 12.7. The molecule has 2 aromatic heterocycles. The van der Waals surface area contributed by atoms with E-state index in [0.717, 1.165) is 16.0 Å². The van der Waals surface area contributed by atoms with Crippen LogP contribution in [0.4, 0.5) is 14.9 Å². The van der Waals surface area contributed by atoms with Gasteiger partial charge in [0.1, 0.15) is 5.82 Å². The van der Waals surface area contributed by atoms with Gasteiger partial charge in [0.15, 0.2) is 10.8 Å². The number of carbonyl (C=O) groups is 1. The molecule has 0 spiro atoms. The third-order valence-electron chi connectivity index (χ3n) is 3.77. The molecule has 4 rings (SSSR count). The Morgan fingerprint density at radius 3 is 2.92 bits per heavy atom. The summed E-state index contributed by atoms with van der Waals surface area (Å²) in [4.78, 5) is 24.0. The third kappa shape index (κ3) is 3.40. The number of thiazole rings is 1. The van der Waals surface area contributed by atoms with E-state index in [0.29, 0.717) is 17.1 Å². The maximum absolute atomic E-state index is 13.6. The Morgan fingerprint density at radius 2 is 2.12 bits per heavy atom. The van der Waals surface area contributed by atoms with Gasteiger partial charge < -0.3 is 15.6 Å². The second kappa shape index (κ2) is 6.93. The summed E-state index contributed by atoms with van der Waals surface area (Å²) in [5, 5.41) is 8.05. The van der Waals surface area contributed by atoms with E-state index in [4.69, 9.17) is 0 Å². The molecule has 0 radical (unpaired) electrons. The summed E-state index contributed by atoms with van der Waals surface area (Å²) < 4.78 is 13.6. The molecule has 0 aliphatic rings. The number of anilines is 1. The number of H-pyrrole nitrogens is 1. The Bertz CT molecular complexity index is 1060. The first-order valence-electron chi connectivity index (χ1n) is 7.87. The molecule has 2 heterocycles. The van der Waals surface area contributed by atoms with Crippen LogP contribution in [0.1, 0.15) is 5.56 Å². The number of nitrogens with zero attached hydrogens (tertiary/aromatic N) is 2. The van der Waals surface area contributed by atoms with Crippen LogP contribution in [0.15, 0.2) is 54.0 Å². The maximum Gasteiger partial charge on any atom is 0.319 e. The molecule has 0 aliphatic carbocycles. The van der Waals surface area contributed by atoms with Crippen molar-refractivity contribution in [2.45, 2.75) is 6.54 Å². The van der Waals surface area contributed by atoms with Crippen molar-refractivity contribution < 1.29 is 9.18 Å². The Kier molecular flexibility index (Phi) is 4.32. The van der Waals surface area contributed by atoms with Crippen LogP contribution in [0.5, 0.6) is 0 Å². The Balaban J connectivity index is 1.45. The van der Waals surface area contributed by atoms with Gasteiger partial charge in [-0.05, 0) is 24.3 Å². The summed E-state index contributed by atoms with van der Waals surface area (Å²) in [6, 6.07) is 11.3. The fraction of sp³-hybridized carbons (Fsp3) is 0.0556. The molecular formula is C18H14FN5OS. The maximum atomic E-state index is 13.6. The average Bonchev–Trinajstić information content (AvgIpc) is 3.30. The first kappa shape index (κ1) is 16.2. The minimum Gasteiger partial charge on any atom is -0.336 e. The second-order valence-corrected chi connectivity index (χ2v) is 6.45. The molecule has 130 valence electrons. The first-order valence-corrected chi connectivity index (χ1v) is 8.75. The summed E-state index contributed by atoms with van der Waals surface area (Å²) in [5.74, 6) is 0.344. The van der Waals surface area contributed by atoms with Gasteiger partial charge in [-0.3, -0.25) is 0 Å². The molecule has 0 saturated carbocycles. The van der Waals surface area contributed by atoms with E-state index in [1.165, 1.54) is 17.4 Å². The fourth-order valence-corrected chi connectivity index (χ4v) is 3.10. The monoisotopic (exact) mass is 367 g/mol. The summed E-state index contributed by atoms with van der Waals surface area (Å²) in [5.41, 5.74) is 2.61. The number of amides is 2. The van der Waals surface area contributed by atoms with E-state index in [9.17, 15) is 9.18 Å². The zero-order valence-electron chi connectivity index (χ0n) is 13.5. The topological polar surface area (TPSA) is 82.7 Å². The van der Waals surface area contributed by atoms with Gasteiger partial charge in [0.05, 0.1) is 11.0 Å². The molecule has 0 saturated heterocycles. The number of aromatic amines is 1. The van der Waals surface area contributed by atoms with Crippen LogP contribution in [0, 0.1) is 5.82 Å². The van der Waals surface area contributed by atoms with Crippen molar-refractivity contribution in [2.75, 3.05) is 5.32 Å². The molecule has 0 aliphatic heterocycles. The van der Waals surface area contributed by atoms with Crippen molar-refractivity contribution in [1.29, 1.82) is 0 Å². The van der Waals surface area contributed by atoms with E-state index < -0.39 is 6.03 Å². The highest BCUT2D eigenvalue weighted by Crippen LogP contribution is 2.24. The van der Waals surface area contributed by atoms with Gasteiger partial charge in [-0.25, -0.2) is 19.2 Å². The standard InChI is InChI=1S/C18H14FN5OS/c19-13-4-2-1-3-11(13)10-21-18(25)22-12-5-6-14-15(9-12)24-16(23-14)17-20-7-8-26-17/h1-9H,10H2,(H,23,24)(H2,21,22,25). The molecule has 0 unspecified atom stereocenters. The van der Waals surface area contributed by atoms with Gasteiger partial charge in [-0.15, -0.1) is 11.3 Å². The molecule has 0 fully saturated rings. The number of imidazole rings is 1.